The maximum Gasteiger partial charge on any atom is 0.252 e. The smallest absolute Gasteiger partial charge is 0.252 e. The van der Waals surface area contributed by atoms with E-state index in [9.17, 15) is 4.79 Å². The van der Waals surface area contributed by atoms with E-state index in [1.54, 1.807) is 24.7 Å². The van der Waals surface area contributed by atoms with Gasteiger partial charge in [-0.05, 0) is 39.2 Å². The van der Waals surface area contributed by atoms with Gasteiger partial charge in [-0.15, -0.1) is 0 Å². The van der Waals surface area contributed by atoms with E-state index in [2.05, 4.69) is 25.4 Å². The number of hydrogen-bond acceptors (Lipinski definition) is 4. The third-order valence-electron chi connectivity index (χ3n) is 2.89. The fraction of sp³-hybridized carbons (Fsp3) is 0.357. The highest BCUT2D eigenvalue weighted by Gasteiger charge is 2.06. The Morgan fingerprint density at radius 3 is 2.80 bits per heavy atom. The molecule has 2 aromatic heterocycles. The Kier molecular flexibility index (Phi) is 4.84. The van der Waals surface area contributed by atoms with Crippen molar-refractivity contribution in [3.05, 3.63) is 36.3 Å². The summed E-state index contributed by atoms with van der Waals surface area (Å²) in [6.45, 7) is 1.62. The first-order chi connectivity index (χ1) is 9.66. The Morgan fingerprint density at radius 2 is 2.20 bits per heavy atom. The Bertz CT molecular complexity index is 533. The van der Waals surface area contributed by atoms with Gasteiger partial charge < -0.3 is 10.2 Å². The van der Waals surface area contributed by atoms with E-state index in [1.807, 2.05) is 20.2 Å². The lowest BCUT2D eigenvalue weighted by Crippen LogP contribution is -2.27. The lowest BCUT2D eigenvalue weighted by atomic mass is 10.2. The zero-order chi connectivity index (χ0) is 14.4. The number of nitrogens with one attached hydrogen (secondary N) is 2. The summed E-state index contributed by atoms with van der Waals surface area (Å²) in [5.41, 5.74) is 2.27. The minimum absolute atomic E-state index is 0.0880. The molecule has 106 valence electrons. The van der Waals surface area contributed by atoms with E-state index in [0.29, 0.717) is 12.1 Å². The molecule has 0 fully saturated rings. The Hall–Kier alpha value is -2.21. The number of aromatic amines is 1. The van der Waals surface area contributed by atoms with E-state index >= 15 is 0 Å². The molecular formula is C14H19N5O. The van der Waals surface area contributed by atoms with Gasteiger partial charge in [0, 0.05) is 24.5 Å². The molecule has 0 bridgehead atoms. The molecule has 0 unspecified atom stereocenters. The van der Waals surface area contributed by atoms with Crippen LogP contribution in [-0.2, 0) is 0 Å². The average molecular weight is 273 g/mol. The number of pyridine rings is 1. The molecule has 6 heteroatoms. The normalized spacial score (nSPS) is 10.8. The molecule has 1 amide bonds. The molecular weight excluding hydrogens is 254 g/mol. The van der Waals surface area contributed by atoms with Crippen molar-refractivity contribution >= 4 is 5.91 Å². The number of H-pyrrole nitrogens is 1. The number of carbonyl (C=O) groups excluding carboxylic acids is 1. The number of rotatable bonds is 6. The third-order valence-corrected chi connectivity index (χ3v) is 2.89. The predicted octanol–water partition coefficient (Wildman–Crippen LogP) is 1.15. The van der Waals surface area contributed by atoms with E-state index < -0.39 is 0 Å². The first kappa shape index (κ1) is 14.2. The van der Waals surface area contributed by atoms with Crippen LogP contribution in [0.5, 0.6) is 0 Å². The molecule has 0 aliphatic rings. The Balaban J connectivity index is 1.88. The quantitative estimate of drug-likeness (QED) is 0.774. The summed E-state index contributed by atoms with van der Waals surface area (Å²) in [6, 6.07) is 3.59. The maximum absolute atomic E-state index is 11.9. The molecule has 6 nitrogen and oxygen atoms in total. The van der Waals surface area contributed by atoms with Crippen LogP contribution < -0.4 is 5.32 Å². The van der Waals surface area contributed by atoms with Crippen molar-refractivity contribution in [3.63, 3.8) is 0 Å². The third kappa shape index (κ3) is 3.89. The van der Waals surface area contributed by atoms with Crippen molar-refractivity contribution in [2.75, 3.05) is 27.2 Å². The molecule has 0 saturated carbocycles. The average Bonchev–Trinajstić information content (AvgIpc) is 2.97. The lowest BCUT2D eigenvalue weighted by Gasteiger charge is -2.09. The zero-order valence-electron chi connectivity index (χ0n) is 11.8. The lowest BCUT2D eigenvalue weighted by molar-refractivity contribution is 0.0952. The number of aromatic nitrogens is 3. The van der Waals surface area contributed by atoms with E-state index in [0.717, 1.165) is 24.2 Å². The molecule has 0 atom stereocenters. The maximum atomic E-state index is 11.9. The highest BCUT2D eigenvalue weighted by molar-refractivity contribution is 5.94. The fourth-order valence-electron chi connectivity index (χ4n) is 1.79. The topological polar surface area (TPSA) is 73.9 Å². The molecule has 0 aromatic carbocycles. The SMILES string of the molecule is CN(C)CCCNC(=O)c1ccc(-c2cn[nH]c2)nc1. The molecule has 2 aromatic rings. The van der Waals surface area contributed by atoms with Crippen molar-refractivity contribution in [2.45, 2.75) is 6.42 Å². The van der Waals surface area contributed by atoms with Crippen LogP contribution in [0.1, 0.15) is 16.8 Å². The van der Waals surface area contributed by atoms with E-state index in [1.165, 1.54) is 0 Å². The van der Waals surface area contributed by atoms with Crippen LogP contribution in [0.2, 0.25) is 0 Å². The van der Waals surface area contributed by atoms with Crippen LogP contribution in [-0.4, -0.2) is 53.2 Å². The summed E-state index contributed by atoms with van der Waals surface area (Å²) in [5, 5.41) is 9.49. The summed E-state index contributed by atoms with van der Waals surface area (Å²) < 4.78 is 0. The number of nitrogens with zero attached hydrogens (tertiary/aromatic N) is 3. The summed E-state index contributed by atoms with van der Waals surface area (Å²) in [5.74, 6) is -0.0880. The second-order valence-corrected chi connectivity index (χ2v) is 4.83. The minimum atomic E-state index is -0.0880. The van der Waals surface area contributed by atoms with Crippen molar-refractivity contribution in [3.8, 4) is 11.3 Å². The summed E-state index contributed by atoms with van der Waals surface area (Å²) >= 11 is 0. The van der Waals surface area contributed by atoms with Gasteiger partial charge in [-0.3, -0.25) is 14.9 Å². The molecule has 0 radical (unpaired) electrons. The number of carbonyl (C=O) groups is 1. The van der Waals surface area contributed by atoms with Crippen LogP contribution in [0.3, 0.4) is 0 Å². The molecule has 0 spiro atoms. The van der Waals surface area contributed by atoms with Gasteiger partial charge in [0.05, 0.1) is 17.5 Å². The molecule has 2 rings (SSSR count). The minimum Gasteiger partial charge on any atom is -0.352 e. The van der Waals surface area contributed by atoms with Crippen molar-refractivity contribution in [1.29, 1.82) is 0 Å². The monoisotopic (exact) mass is 273 g/mol. The van der Waals surface area contributed by atoms with Gasteiger partial charge in [0.1, 0.15) is 0 Å². The summed E-state index contributed by atoms with van der Waals surface area (Å²) in [7, 11) is 4.03. The van der Waals surface area contributed by atoms with Gasteiger partial charge in [0.15, 0.2) is 0 Å². The molecule has 0 saturated heterocycles. The number of hydrogen-bond donors (Lipinski definition) is 2. The van der Waals surface area contributed by atoms with Gasteiger partial charge in [-0.25, -0.2) is 0 Å². The molecule has 20 heavy (non-hydrogen) atoms. The zero-order valence-corrected chi connectivity index (χ0v) is 11.8. The van der Waals surface area contributed by atoms with Gasteiger partial charge in [0.25, 0.3) is 5.91 Å². The largest absolute Gasteiger partial charge is 0.352 e. The van der Waals surface area contributed by atoms with Gasteiger partial charge >= 0.3 is 0 Å². The van der Waals surface area contributed by atoms with E-state index in [4.69, 9.17) is 0 Å². The standard InChI is InChI=1S/C14H19N5O/c1-19(2)7-3-6-15-14(20)11-4-5-13(16-8-11)12-9-17-18-10-12/h4-5,8-10H,3,6-7H2,1-2H3,(H,15,20)(H,17,18). The van der Waals surface area contributed by atoms with Crippen LogP contribution in [0.25, 0.3) is 11.3 Å². The van der Waals surface area contributed by atoms with Crippen molar-refractivity contribution in [2.24, 2.45) is 0 Å². The van der Waals surface area contributed by atoms with Crippen LogP contribution in [0.4, 0.5) is 0 Å². The first-order valence-electron chi connectivity index (χ1n) is 6.55. The van der Waals surface area contributed by atoms with Crippen molar-refractivity contribution < 1.29 is 4.79 Å². The fourth-order valence-corrected chi connectivity index (χ4v) is 1.79. The summed E-state index contributed by atoms with van der Waals surface area (Å²) in [4.78, 5) is 18.3. The first-order valence-corrected chi connectivity index (χ1v) is 6.55. The highest BCUT2D eigenvalue weighted by Crippen LogP contribution is 2.14. The van der Waals surface area contributed by atoms with Crippen LogP contribution in [0, 0.1) is 0 Å². The Morgan fingerprint density at radius 1 is 1.35 bits per heavy atom. The Labute approximate surface area is 118 Å². The molecule has 2 heterocycles. The molecule has 0 aliphatic heterocycles. The summed E-state index contributed by atoms with van der Waals surface area (Å²) in [6.07, 6.45) is 5.98. The molecule has 2 N–H and O–H groups in total. The van der Waals surface area contributed by atoms with Gasteiger partial charge in [-0.1, -0.05) is 0 Å². The second-order valence-electron chi connectivity index (χ2n) is 4.83. The highest BCUT2D eigenvalue weighted by atomic mass is 16.1. The van der Waals surface area contributed by atoms with E-state index in [-0.39, 0.29) is 5.91 Å². The van der Waals surface area contributed by atoms with Crippen molar-refractivity contribution in [1.82, 2.24) is 25.4 Å². The van der Waals surface area contributed by atoms with Crippen LogP contribution in [0.15, 0.2) is 30.7 Å². The number of amides is 1. The van der Waals surface area contributed by atoms with Gasteiger partial charge in [0.2, 0.25) is 0 Å². The van der Waals surface area contributed by atoms with Gasteiger partial charge in [-0.2, -0.15) is 5.10 Å². The van der Waals surface area contributed by atoms with Crippen LogP contribution >= 0.6 is 0 Å². The second kappa shape index (κ2) is 6.81. The predicted molar refractivity (Wildman–Crippen MR) is 77.3 cm³/mol. The molecule has 0 aliphatic carbocycles.